The summed E-state index contributed by atoms with van der Waals surface area (Å²) in [5.74, 6) is -0.384. The third-order valence-corrected chi connectivity index (χ3v) is 8.37. The van der Waals surface area contributed by atoms with E-state index in [9.17, 15) is 13.2 Å². The molecule has 0 aliphatic heterocycles. The Morgan fingerprint density at radius 1 is 1.07 bits per heavy atom. The maximum absolute atomic E-state index is 12.8. The zero-order valence-electron chi connectivity index (χ0n) is 18.0. The molecule has 3 aromatic rings. The Kier molecular flexibility index (Phi) is 6.59. The van der Waals surface area contributed by atoms with E-state index in [1.165, 1.54) is 45.5 Å². The second kappa shape index (κ2) is 8.83. The van der Waals surface area contributed by atoms with E-state index in [0.29, 0.717) is 30.0 Å². The molecule has 0 spiro atoms. The molecule has 3 rings (SSSR count). The van der Waals surface area contributed by atoms with Gasteiger partial charge in [0.1, 0.15) is 0 Å². The number of aryl methyl sites for hydroxylation is 3. The SMILES string of the molecule is CCN(CC)S(=O)(=O)c1ccc(C(=O)N=c2sc3c(C)cc(C)cc3n2CC)cc1. The van der Waals surface area contributed by atoms with Crippen molar-refractivity contribution in [3.05, 3.63) is 57.9 Å². The number of rotatable bonds is 6. The van der Waals surface area contributed by atoms with Crippen molar-refractivity contribution in [2.75, 3.05) is 13.1 Å². The normalized spacial score (nSPS) is 12.8. The lowest BCUT2D eigenvalue weighted by molar-refractivity contribution is 0.0997. The quantitative estimate of drug-likeness (QED) is 0.573. The number of benzene rings is 2. The molecule has 0 saturated carbocycles. The van der Waals surface area contributed by atoms with Crippen LogP contribution in [0.4, 0.5) is 0 Å². The number of carbonyl (C=O) groups is 1. The second-order valence-corrected chi connectivity index (χ2v) is 10.0. The van der Waals surface area contributed by atoms with Crippen molar-refractivity contribution in [1.29, 1.82) is 0 Å². The zero-order valence-corrected chi connectivity index (χ0v) is 19.6. The summed E-state index contributed by atoms with van der Waals surface area (Å²) in [6.45, 7) is 11.3. The van der Waals surface area contributed by atoms with E-state index in [2.05, 4.69) is 31.0 Å². The minimum absolute atomic E-state index is 0.180. The molecule has 1 heterocycles. The molecule has 30 heavy (non-hydrogen) atoms. The van der Waals surface area contributed by atoms with Crippen molar-refractivity contribution in [2.24, 2.45) is 4.99 Å². The average Bonchev–Trinajstić information content (AvgIpc) is 3.06. The van der Waals surface area contributed by atoms with Crippen LogP contribution in [0, 0.1) is 13.8 Å². The summed E-state index contributed by atoms with van der Waals surface area (Å²) in [7, 11) is -3.55. The van der Waals surface area contributed by atoms with Gasteiger partial charge in [0, 0.05) is 25.2 Å². The van der Waals surface area contributed by atoms with Crippen LogP contribution >= 0.6 is 11.3 Å². The number of aromatic nitrogens is 1. The molecular weight excluding hydrogens is 418 g/mol. The summed E-state index contributed by atoms with van der Waals surface area (Å²) in [6, 6.07) is 10.2. The van der Waals surface area contributed by atoms with Crippen molar-refractivity contribution in [2.45, 2.75) is 46.1 Å². The maximum Gasteiger partial charge on any atom is 0.279 e. The van der Waals surface area contributed by atoms with Crippen molar-refractivity contribution < 1.29 is 13.2 Å². The van der Waals surface area contributed by atoms with Gasteiger partial charge in [-0.25, -0.2) is 8.42 Å². The number of thiazole rings is 1. The lowest BCUT2D eigenvalue weighted by Crippen LogP contribution is -2.30. The van der Waals surface area contributed by atoms with E-state index < -0.39 is 10.0 Å². The highest BCUT2D eigenvalue weighted by Crippen LogP contribution is 2.23. The third-order valence-electron chi connectivity index (χ3n) is 5.07. The van der Waals surface area contributed by atoms with E-state index in [1.54, 1.807) is 13.8 Å². The summed E-state index contributed by atoms with van der Waals surface area (Å²) in [5.41, 5.74) is 3.77. The molecule has 0 saturated heterocycles. The monoisotopic (exact) mass is 445 g/mol. The highest BCUT2D eigenvalue weighted by atomic mass is 32.2. The van der Waals surface area contributed by atoms with Gasteiger partial charge in [0.25, 0.3) is 5.91 Å². The summed E-state index contributed by atoms with van der Waals surface area (Å²) in [6.07, 6.45) is 0. The van der Waals surface area contributed by atoms with E-state index in [1.807, 2.05) is 11.5 Å². The molecule has 0 N–H and O–H groups in total. The molecule has 0 unspecified atom stereocenters. The van der Waals surface area contributed by atoms with Crippen LogP contribution in [0.3, 0.4) is 0 Å². The molecule has 0 aliphatic rings. The summed E-state index contributed by atoms with van der Waals surface area (Å²) < 4.78 is 29.8. The first-order chi connectivity index (χ1) is 14.2. The van der Waals surface area contributed by atoms with Gasteiger partial charge in [0.05, 0.1) is 15.1 Å². The Morgan fingerprint density at radius 2 is 1.70 bits per heavy atom. The zero-order chi connectivity index (χ0) is 22.1. The largest absolute Gasteiger partial charge is 0.317 e. The van der Waals surface area contributed by atoms with Gasteiger partial charge >= 0.3 is 0 Å². The Hall–Kier alpha value is -2.29. The molecule has 8 heteroatoms. The van der Waals surface area contributed by atoms with Gasteiger partial charge in [-0.05, 0) is 62.2 Å². The van der Waals surface area contributed by atoms with Gasteiger partial charge in [-0.15, -0.1) is 0 Å². The number of amides is 1. The molecule has 0 bridgehead atoms. The van der Waals surface area contributed by atoms with Crippen LogP contribution < -0.4 is 4.80 Å². The van der Waals surface area contributed by atoms with Crippen molar-refractivity contribution in [3.63, 3.8) is 0 Å². The molecule has 160 valence electrons. The fourth-order valence-corrected chi connectivity index (χ4v) is 6.14. The molecule has 1 amide bonds. The van der Waals surface area contributed by atoms with Gasteiger partial charge < -0.3 is 4.57 Å². The van der Waals surface area contributed by atoms with Crippen molar-refractivity contribution in [3.8, 4) is 0 Å². The van der Waals surface area contributed by atoms with Crippen LogP contribution in [0.15, 0.2) is 46.3 Å². The smallest absolute Gasteiger partial charge is 0.279 e. The number of fused-ring (bicyclic) bond motifs is 1. The molecule has 0 aliphatic carbocycles. The first-order valence-corrected chi connectivity index (χ1v) is 12.3. The standard InChI is InChI=1S/C22H27N3O3S2/c1-6-24(7-2)30(27,28)18-11-9-17(10-12-18)21(26)23-22-25(8-3)19-14-15(4)13-16(5)20(19)29-22/h9-14H,6-8H2,1-5H3. The van der Waals surface area contributed by atoms with Gasteiger partial charge in [-0.1, -0.05) is 31.3 Å². The Labute approximate surface area is 181 Å². The topological polar surface area (TPSA) is 71.7 Å². The van der Waals surface area contributed by atoms with Gasteiger partial charge in [-0.2, -0.15) is 9.30 Å². The van der Waals surface area contributed by atoms with Crippen LogP contribution in [0.2, 0.25) is 0 Å². The summed E-state index contributed by atoms with van der Waals surface area (Å²) >= 11 is 1.50. The van der Waals surface area contributed by atoms with Crippen molar-refractivity contribution >= 4 is 37.5 Å². The van der Waals surface area contributed by atoms with Crippen LogP contribution in [0.25, 0.3) is 10.2 Å². The molecule has 0 atom stereocenters. The molecule has 1 aromatic heterocycles. The fourth-order valence-electron chi connectivity index (χ4n) is 3.54. The average molecular weight is 446 g/mol. The van der Waals surface area contributed by atoms with Crippen LogP contribution in [-0.4, -0.2) is 36.3 Å². The number of carbonyl (C=O) groups excluding carboxylic acids is 1. The van der Waals surface area contributed by atoms with Gasteiger partial charge in [0.2, 0.25) is 10.0 Å². The first-order valence-electron chi connectivity index (χ1n) is 10.0. The van der Waals surface area contributed by atoms with Crippen LogP contribution in [-0.2, 0) is 16.6 Å². The lowest BCUT2D eigenvalue weighted by atomic mass is 10.1. The third kappa shape index (κ3) is 4.12. The minimum atomic E-state index is -3.55. The van der Waals surface area contributed by atoms with Crippen LogP contribution in [0.1, 0.15) is 42.3 Å². The maximum atomic E-state index is 12.8. The molecule has 2 aromatic carbocycles. The summed E-state index contributed by atoms with van der Waals surface area (Å²) in [5, 5.41) is 0. The predicted molar refractivity (Wildman–Crippen MR) is 121 cm³/mol. The van der Waals surface area contributed by atoms with E-state index in [0.717, 1.165) is 15.8 Å². The molecule has 0 radical (unpaired) electrons. The van der Waals surface area contributed by atoms with E-state index >= 15 is 0 Å². The predicted octanol–water partition coefficient (Wildman–Crippen LogP) is 4.11. The Morgan fingerprint density at radius 3 is 2.27 bits per heavy atom. The molecule has 0 fully saturated rings. The number of hydrogen-bond acceptors (Lipinski definition) is 4. The fraction of sp³-hybridized carbons (Fsp3) is 0.364. The van der Waals surface area contributed by atoms with Gasteiger partial charge in [0.15, 0.2) is 4.80 Å². The molecule has 6 nitrogen and oxygen atoms in total. The van der Waals surface area contributed by atoms with E-state index in [-0.39, 0.29) is 10.8 Å². The lowest BCUT2D eigenvalue weighted by Gasteiger charge is -2.18. The van der Waals surface area contributed by atoms with E-state index in [4.69, 9.17) is 0 Å². The number of sulfonamides is 1. The number of nitrogens with zero attached hydrogens (tertiary/aromatic N) is 3. The second-order valence-electron chi connectivity index (χ2n) is 7.09. The number of hydrogen-bond donors (Lipinski definition) is 0. The van der Waals surface area contributed by atoms with Crippen molar-refractivity contribution in [1.82, 2.24) is 8.87 Å². The minimum Gasteiger partial charge on any atom is -0.317 e. The highest BCUT2D eigenvalue weighted by molar-refractivity contribution is 7.89. The highest BCUT2D eigenvalue weighted by Gasteiger charge is 2.21. The van der Waals surface area contributed by atoms with Gasteiger partial charge in [-0.3, -0.25) is 4.79 Å². The Balaban J connectivity index is 2.00. The van der Waals surface area contributed by atoms with Crippen LogP contribution in [0.5, 0.6) is 0 Å². The first kappa shape index (κ1) is 22.4. The Bertz CT molecular complexity index is 1250. The summed E-state index contributed by atoms with van der Waals surface area (Å²) in [4.78, 5) is 18.0. The molecular formula is C22H27N3O3S2.